The van der Waals surface area contributed by atoms with Crippen LogP contribution in [-0.2, 0) is 4.74 Å². The molecule has 0 bridgehead atoms. The molecule has 0 radical (unpaired) electrons. The molecular weight excluding hydrogens is 341 g/mol. The van der Waals surface area contributed by atoms with Crippen LogP contribution in [0.25, 0.3) is 0 Å². The molecule has 1 saturated heterocycles. The molecule has 25 heavy (non-hydrogen) atoms. The summed E-state index contributed by atoms with van der Waals surface area (Å²) in [5.41, 5.74) is 5.13. The number of rotatable bonds is 5. The molecule has 1 aliphatic heterocycles. The van der Waals surface area contributed by atoms with Crippen LogP contribution in [0.3, 0.4) is 0 Å². The van der Waals surface area contributed by atoms with Gasteiger partial charge in [-0.05, 0) is 12.8 Å². The Bertz CT molecular complexity index is 762. The van der Waals surface area contributed by atoms with Gasteiger partial charge >= 0.3 is 5.69 Å². The first-order valence-corrected chi connectivity index (χ1v) is 8.67. The Balaban J connectivity index is 2.20. The third-order valence-electron chi connectivity index (χ3n) is 3.95. The molecule has 2 rings (SSSR count). The predicted octanol–water partition coefficient (Wildman–Crippen LogP) is -0.135. The fourth-order valence-corrected chi connectivity index (χ4v) is 3.05. The van der Waals surface area contributed by atoms with Crippen molar-refractivity contribution in [3.05, 3.63) is 22.2 Å². The number of aromatic nitrogens is 2. The Hall–Kier alpha value is -1.89. The lowest BCUT2D eigenvalue weighted by Crippen LogP contribution is -2.33. The molecule has 0 amide bonds. The second-order valence-corrected chi connectivity index (χ2v) is 6.53. The number of nitrogens with two attached hydrogens (primary N) is 1. The van der Waals surface area contributed by atoms with Crippen molar-refractivity contribution < 1.29 is 14.9 Å². The summed E-state index contributed by atoms with van der Waals surface area (Å²) in [4.78, 5) is 15.9. The molecule has 0 aromatic carbocycles. The van der Waals surface area contributed by atoms with Crippen LogP contribution < -0.4 is 11.4 Å². The molecule has 0 aliphatic carbocycles. The van der Waals surface area contributed by atoms with Gasteiger partial charge in [-0.3, -0.25) is 4.57 Å². The number of unbranched alkanes of at least 4 members (excludes halogenated alkanes) is 3. The van der Waals surface area contributed by atoms with Gasteiger partial charge in [0.1, 0.15) is 18.1 Å². The topological polar surface area (TPSA) is 111 Å². The maximum absolute atomic E-state index is 12.1. The van der Waals surface area contributed by atoms with E-state index < -0.39 is 29.8 Å². The lowest BCUT2D eigenvalue weighted by molar-refractivity contribution is -0.0456. The van der Waals surface area contributed by atoms with Crippen molar-refractivity contribution >= 4 is 15.1 Å². The molecule has 7 nitrogen and oxygen atoms in total. The highest BCUT2D eigenvalue weighted by molar-refractivity contribution is 7.17. The van der Waals surface area contributed by atoms with Crippen LogP contribution in [0.2, 0.25) is 0 Å². The molecule has 1 fully saturated rings. The number of nitrogen functional groups attached to an aromatic ring is 1. The number of terminal acetylenes is 1. The molecule has 0 saturated carbocycles. The van der Waals surface area contributed by atoms with Crippen molar-refractivity contribution in [2.45, 2.75) is 49.8 Å². The Morgan fingerprint density at radius 3 is 2.80 bits per heavy atom. The van der Waals surface area contributed by atoms with Gasteiger partial charge in [-0.15, -0.1) is 21.6 Å². The monoisotopic (exact) mass is 363 g/mol. The third kappa shape index (κ3) is 4.60. The number of aliphatic hydroxyl groups is 2. The minimum atomic E-state index is -0.907. The van der Waals surface area contributed by atoms with Crippen molar-refractivity contribution in [1.82, 2.24) is 9.55 Å². The van der Waals surface area contributed by atoms with Gasteiger partial charge in [0.15, 0.2) is 0 Å². The van der Waals surface area contributed by atoms with Crippen LogP contribution in [0.1, 0.15) is 37.5 Å². The van der Waals surface area contributed by atoms with Crippen LogP contribution in [0, 0.1) is 24.2 Å². The zero-order valence-corrected chi connectivity index (χ0v) is 14.9. The SMILES string of the molecule is C#CCCCCC#Cc1cn([C@@H]2O[C@H](CO)[C@H](O)C2P)c(=O)nc1N. The van der Waals surface area contributed by atoms with Crippen LogP contribution in [0.4, 0.5) is 5.82 Å². The van der Waals surface area contributed by atoms with E-state index in [0.29, 0.717) is 12.0 Å². The number of hydrogen-bond donors (Lipinski definition) is 3. The summed E-state index contributed by atoms with van der Waals surface area (Å²) in [5, 5.41) is 19.3. The average molecular weight is 363 g/mol. The van der Waals surface area contributed by atoms with Crippen LogP contribution in [0.15, 0.2) is 11.0 Å². The van der Waals surface area contributed by atoms with E-state index in [1.807, 2.05) is 0 Å². The zero-order chi connectivity index (χ0) is 18.4. The normalized spacial score (nSPS) is 25.2. The molecule has 134 valence electrons. The van der Waals surface area contributed by atoms with Gasteiger partial charge in [0.25, 0.3) is 0 Å². The highest BCUT2D eigenvalue weighted by Crippen LogP contribution is 2.33. The maximum Gasteiger partial charge on any atom is 0.351 e. The standard InChI is InChI=1S/C17H22N3O4P/c1-2-3-4-5-6-7-8-11-9-20(17(23)19-15(11)18)16-14(25)13(22)12(10-21)24-16/h1,9,12-14,16,21-22H,3-6,10,25H2,(H2,18,19,23)/t12-,13+,14?,16-/m1/s1. The van der Waals surface area contributed by atoms with Gasteiger partial charge in [0.05, 0.1) is 18.3 Å². The van der Waals surface area contributed by atoms with E-state index in [1.165, 1.54) is 10.8 Å². The van der Waals surface area contributed by atoms with E-state index in [1.54, 1.807) is 0 Å². The minimum Gasteiger partial charge on any atom is -0.394 e. The third-order valence-corrected chi connectivity index (χ3v) is 4.67. The van der Waals surface area contributed by atoms with Gasteiger partial charge < -0.3 is 20.7 Å². The first-order chi connectivity index (χ1) is 12.0. The quantitative estimate of drug-likeness (QED) is 0.382. The number of ether oxygens (including phenoxy) is 1. The molecule has 2 heterocycles. The molecule has 8 heteroatoms. The van der Waals surface area contributed by atoms with Crippen LogP contribution >= 0.6 is 9.24 Å². The number of nitrogens with zero attached hydrogens (tertiary/aromatic N) is 2. The highest BCUT2D eigenvalue weighted by atomic mass is 31.0. The fraction of sp³-hybridized carbons (Fsp3) is 0.529. The second-order valence-electron chi connectivity index (χ2n) is 5.76. The molecule has 1 aromatic rings. The number of aliphatic hydroxyl groups excluding tert-OH is 2. The molecule has 4 N–H and O–H groups in total. The van der Waals surface area contributed by atoms with Gasteiger partial charge in [0, 0.05) is 24.7 Å². The lowest BCUT2D eigenvalue weighted by Gasteiger charge is -2.18. The first kappa shape index (κ1) is 19.4. The molecule has 5 atom stereocenters. The smallest absolute Gasteiger partial charge is 0.351 e. The van der Waals surface area contributed by atoms with Crippen molar-refractivity contribution in [3.8, 4) is 24.2 Å². The summed E-state index contributed by atoms with van der Waals surface area (Å²) < 4.78 is 6.81. The Morgan fingerprint density at radius 1 is 1.44 bits per heavy atom. The van der Waals surface area contributed by atoms with E-state index in [2.05, 4.69) is 32.0 Å². The Labute approximate surface area is 148 Å². The Kier molecular flexibility index (Phi) is 6.99. The summed E-state index contributed by atoms with van der Waals surface area (Å²) in [6.07, 6.45) is 7.41. The van der Waals surface area contributed by atoms with Crippen molar-refractivity contribution in [2.75, 3.05) is 12.3 Å². The average Bonchev–Trinajstić information content (AvgIpc) is 2.87. The van der Waals surface area contributed by atoms with Gasteiger partial charge in [0.2, 0.25) is 0 Å². The van der Waals surface area contributed by atoms with Gasteiger partial charge in [-0.2, -0.15) is 4.98 Å². The number of anilines is 1. The summed E-state index contributed by atoms with van der Waals surface area (Å²) in [6.45, 7) is -0.343. The summed E-state index contributed by atoms with van der Waals surface area (Å²) in [7, 11) is 2.43. The summed E-state index contributed by atoms with van der Waals surface area (Å²) >= 11 is 0. The number of hydrogen-bond acceptors (Lipinski definition) is 6. The second kappa shape index (κ2) is 8.99. The van der Waals surface area contributed by atoms with Crippen LogP contribution in [0.5, 0.6) is 0 Å². The summed E-state index contributed by atoms with van der Waals surface area (Å²) in [5.74, 6) is 8.53. The largest absolute Gasteiger partial charge is 0.394 e. The first-order valence-electron chi connectivity index (χ1n) is 8.00. The van der Waals surface area contributed by atoms with E-state index in [-0.39, 0.29) is 12.4 Å². The van der Waals surface area contributed by atoms with Gasteiger partial charge in [-0.25, -0.2) is 4.79 Å². The molecule has 1 aliphatic rings. The predicted molar refractivity (Wildman–Crippen MR) is 97.6 cm³/mol. The molecular formula is C17H22N3O4P. The van der Waals surface area contributed by atoms with E-state index >= 15 is 0 Å². The van der Waals surface area contributed by atoms with Crippen molar-refractivity contribution in [1.29, 1.82) is 0 Å². The summed E-state index contributed by atoms with van der Waals surface area (Å²) in [6, 6.07) is 0. The maximum atomic E-state index is 12.1. The van der Waals surface area contributed by atoms with E-state index in [4.69, 9.17) is 16.9 Å². The fourth-order valence-electron chi connectivity index (χ4n) is 2.53. The molecule has 2 unspecified atom stereocenters. The van der Waals surface area contributed by atoms with E-state index in [0.717, 1.165) is 19.3 Å². The van der Waals surface area contributed by atoms with E-state index in [9.17, 15) is 15.0 Å². The minimum absolute atomic E-state index is 0.0509. The van der Waals surface area contributed by atoms with Gasteiger partial charge in [-0.1, -0.05) is 11.8 Å². The van der Waals surface area contributed by atoms with Crippen molar-refractivity contribution in [2.24, 2.45) is 0 Å². The molecule has 1 aromatic heterocycles. The van der Waals surface area contributed by atoms with Crippen LogP contribution in [-0.4, -0.2) is 44.2 Å². The molecule has 0 spiro atoms. The zero-order valence-electron chi connectivity index (χ0n) is 13.8. The lowest BCUT2D eigenvalue weighted by atomic mass is 10.2. The Morgan fingerprint density at radius 2 is 2.16 bits per heavy atom. The van der Waals surface area contributed by atoms with Crippen molar-refractivity contribution in [3.63, 3.8) is 0 Å². The highest BCUT2D eigenvalue weighted by Gasteiger charge is 2.42.